The van der Waals surface area contributed by atoms with E-state index >= 15 is 0 Å². The molecule has 7 heteroatoms. The van der Waals surface area contributed by atoms with Crippen LogP contribution in [0, 0.1) is 0 Å². The molecule has 3 N–H and O–H groups in total. The fraction of sp³-hybridized carbons (Fsp3) is 0.222. The van der Waals surface area contributed by atoms with Crippen LogP contribution in [0.4, 0.5) is 5.00 Å². The fourth-order valence-electron chi connectivity index (χ4n) is 2.90. The highest BCUT2D eigenvalue weighted by Gasteiger charge is 2.21. The molecule has 0 aliphatic carbocycles. The quantitative estimate of drug-likeness (QED) is 0.709. The molecule has 3 heterocycles. The predicted octanol–water partition coefficient (Wildman–Crippen LogP) is 4.32. The van der Waals surface area contributed by atoms with Gasteiger partial charge in [-0.25, -0.2) is 4.98 Å². The van der Waals surface area contributed by atoms with Gasteiger partial charge < -0.3 is 15.3 Å². The first-order valence-corrected chi connectivity index (χ1v) is 9.73. The molecule has 4 rings (SSSR count). The summed E-state index contributed by atoms with van der Waals surface area (Å²) in [5.74, 6) is 1.16. The Kier molecular flexibility index (Phi) is 4.27. The molecule has 0 radical (unpaired) electrons. The number of hydrogen-bond donors (Lipinski definition) is 2. The van der Waals surface area contributed by atoms with Crippen molar-refractivity contribution in [3.8, 4) is 22.1 Å². The Bertz CT molecular complexity index is 946. The summed E-state index contributed by atoms with van der Waals surface area (Å²) in [6.07, 6.45) is 2.03. The Hall–Kier alpha value is -2.25. The maximum atomic E-state index is 11.2. The number of thioether (sulfide) groups is 1. The number of carbonyl (C=O) groups is 1. The van der Waals surface area contributed by atoms with E-state index in [4.69, 9.17) is 10.2 Å². The molecule has 0 fully saturated rings. The molecular formula is C18H16N2O3S2. The number of thiophene rings is 1. The van der Waals surface area contributed by atoms with Gasteiger partial charge in [-0.1, -0.05) is 0 Å². The number of benzene rings is 1. The van der Waals surface area contributed by atoms with Gasteiger partial charge in [-0.05, 0) is 54.5 Å². The van der Waals surface area contributed by atoms with E-state index in [-0.39, 0.29) is 6.42 Å². The number of nitrogens with two attached hydrogens (primary N) is 1. The fourth-order valence-corrected chi connectivity index (χ4v) is 4.70. The molecule has 5 nitrogen and oxygen atoms in total. The molecule has 25 heavy (non-hydrogen) atoms. The standard InChI is InChI=1S/C18H16N2O3S2/c19-15-6-5-14(25-15)17-12(9-16(21)22)20-18(23-17)11-3-4-13-10(8-11)2-1-7-24-13/h3-6,8H,1-2,7,9,19H2,(H,21,22). The SMILES string of the molecule is Nc1ccc(-c2oc(-c3ccc4c(c3)CCCS4)nc2CC(=O)O)s1. The van der Waals surface area contributed by atoms with Crippen LogP contribution in [0.5, 0.6) is 0 Å². The summed E-state index contributed by atoms with van der Waals surface area (Å²) < 4.78 is 5.97. The monoisotopic (exact) mass is 372 g/mol. The second-order valence-electron chi connectivity index (χ2n) is 5.84. The largest absolute Gasteiger partial charge is 0.481 e. The maximum Gasteiger partial charge on any atom is 0.309 e. The third-order valence-electron chi connectivity index (χ3n) is 4.02. The highest BCUT2D eigenvalue weighted by atomic mass is 32.2. The number of oxazole rings is 1. The normalized spacial score (nSPS) is 13.6. The first-order valence-electron chi connectivity index (χ1n) is 7.93. The van der Waals surface area contributed by atoms with Crippen LogP contribution < -0.4 is 5.73 Å². The number of anilines is 1. The molecule has 0 saturated heterocycles. The summed E-state index contributed by atoms with van der Waals surface area (Å²) in [7, 11) is 0. The third kappa shape index (κ3) is 3.29. The van der Waals surface area contributed by atoms with E-state index in [1.807, 2.05) is 23.9 Å². The minimum absolute atomic E-state index is 0.183. The first-order chi connectivity index (χ1) is 12.1. The van der Waals surface area contributed by atoms with Gasteiger partial charge >= 0.3 is 5.97 Å². The van der Waals surface area contributed by atoms with E-state index in [0.717, 1.165) is 29.0 Å². The van der Waals surface area contributed by atoms with Gasteiger partial charge in [0.15, 0.2) is 5.76 Å². The molecule has 0 amide bonds. The van der Waals surface area contributed by atoms with Crippen molar-refractivity contribution in [1.29, 1.82) is 0 Å². The lowest BCUT2D eigenvalue weighted by atomic mass is 10.1. The van der Waals surface area contributed by atoms with Crippen LogP contribution >= 0.6 is 23.1 Å². The van der Waals surface area contributed by atoms with Gasteiger partial charge in [0.25, 0.3) is 0 Å². The number of aliphatic carboxylic acids is 1. The second kappa shape index (κ2) is 6.57. The highest BCUT2D eigenvalue weighted by Crippen LogP contribution is 2.37. The molecule has 2 aromatic heterocycles. The number of fused-ring (bicyclic) bond motifs is 1. The lowest BCUT2D eigenvalue weighted by Gasteiger charge is -2.15. The van der Waals surface area contributed by atoms with Crippen LogP contribution in [0.3, 0.4) is 0 Å². The smallest absolute Gasteiger partial charge is 0.309 e. The van der Waals surface area contributed by atoms with Crippen molar-refractivity contribution in [1.82, 2.24) is 4.98 Å². The summed E-state index contributed by atoms with van der Waals surface area (Å²) in [4.78, 5) is 17.8. The molecule has 1 aliphatic heterocycles. The van der Waals surface area contributed by atoms with Crippen molar-refractivity contribution < 1.29 is 14.3 Å². The van der Waals surface area contributed by atoms with Crippen molar-refractivity contribution in [3.63, 3.8) is 0 Å². The predicted molar refractivity (Wildman–Crippen MR) is 100 cm³/mol. The number of carboxylic acids is 1. The van der Waals surface area contributed by atoms with Crippen molar-refractivity contribution >= 4 is 34.1 Å². The van der Waals surface area contributed by atoms with E-state index < -0.39 is 5.97 Å². The number of hydrogen-bond acceptors (Lipinski definition) is 6. The average Bonchev–Trinajstić information content (AvgIpc) is 3.20. The summed E-state index contributed by atoms with van der Waals surface area (Å²) >= 11 is 3.23. The Morgan fingerprint density at radius 3 is 2.96 bits per heavy atom. The van der Waals surface area contributed by atoms with E-state index in [1.165, 1.54) is 21.8 Å². The lowest BCUT2D eigenvalue weighted by Crippen LogP contribution is -2.01. The number of aryl methyl sites for hydroxylation is 1. The summed E-state index contributed by atoms with van der Waals surface area (Å²) in [6.45, 7) is 0. The van der Waals surface area contributed by atoms with E-state index in [0.29, 0.717) is 22.3 Å². The zero-order valence-electron chi connectivity index (χ0n) is 13.3. The van der Waals surface area contributed by atoms with Crippen molar-refractivity contribution in [2.24, 2.45) is 0 Å². The van der Waals surface area contributed by atoms with Gasteiger partial charge in [-0.15, -0.1) is 23.1 Å². The van der Waals surface area contributed by atoms with Crippen LogP contribution in [0.25, 0.3) is 22.1 Å². The van der Waals surface area contributed by atoms with E-state index in [9.17, 15) is 9.90 Å². The van der Waals surface area contributed by atoms with Crippen LogP contribution in [-0.4, -0.2) is 21.8 Å². The van der Waals surface area contributed by atoms with E-state index in [2.05, 4.69) is 17.1 Å². The number of carboxylic acid groups (broad SMARTS) is 1. The Morgan fingerprint density at radius 1 is 1.32 bits per heavy atom. The highest BCUT2D eigenvalue weighted by molar-refractivity contribution is 7.99. The second-order valence-corrected chi connectivity index (χ2v) is 8.09. The molecular weight excluding hydrogens is 356 g/mol. The number of aromatic nitrogens is 1. The van der Waals surface area contributed by atoms with Gasteiger partial charge in [-0.2, -0.15) is 0 Å². The molecule has 1 aliphatic rings. The van der Waals surface area contributed by atoms with Gasteiger partial charge in [-0.3, -0.25) is 4.79 Å². The molecule has 128 valence electrons. The first kappa shape index (κ1) is 16.2. The van der Waals surface area contributed by atoms with Crippen LogP contribution in [0.2, 0.25) is 0 Å². The molecule has 1 aromatic carbocycles. The topological polar surface area (TPSA) is 89.4 Å². The van der Waals surface area contributed by atoms with Gasteiger partial charge in [0.2, 0.25) is 5.89 Å². The molecule has 0 saturated carbocycles. The lowest BCUT2D eigenvalue weighted by molar-refractivity contribution is -0.136. The molecule has 0 unspecified atom stereocenters. The molecule has 3 aromatic rings. The van der Waals surface area contributed by atoms with Gasteiger partial charge in [0.05, 0.1) is 22.0 Å². The van der Waals surface area contributed by atoms with Crippen LogP contribution in [-0.2, 0) is 17.6 Å². The number of rotatable bonds is 4. The van der Waals surface area contributed by atoms with Crippen molar-refractivity contribution in [2.75, 3.05) is 11.5 Å². The van der Waals surface area contributed by atoms with Crippen LogP contribution in [0.15, 0.2) is 39.6 Å². The van der Waals surface area contributed by atoms with Gasteiger partial charge in [0, 0.05) is 10.5 Å². The Labute approximate surface area is 152 Å². The average molecular weight is 372 g/mol. The summed E-state index contributed by atoms with van der Waals surface area (Å²) in [6, 6.07) is 9.80. The maximum absolute atomic E-state index is 11.2. The van der Waals surface area contributed by atoms with Crippen molar-refractivity contribution in [3.05, 3.63) is 41.6 Å². The summed E-state index contributed by atoms with van der Waals surface area (Å²) in [5.41, 5.74) is 8.40. The zero-order valence-corrected chi connectivity index (χ0v) is 15.0. The van der Waals surface area contributed by atoms with Crippen LogP contribution in [0.1, 0.15) is 17.7 Å². The minimum atomic E-state index is -0.938. The minimum Gasteiger partial charge on any atom is -0.481 e. The molecule has 0 spiro atoms. The molecule has 0 bridgehead atoms. The molecule has 0 atom stereocenters. The third-order valence-corrected chi connectivity index (χ3v) is 6.14. The Morgan fingerprint density at radius 2 is 2.20 bits per heavy atom. The zero-order chi connectivity index (χ0) is 17.4. The van der Waals surface area contributed by atoms with Gasteiger partial charge in [0.1, 0.15) is 0 Å². The van der Waals surface area contributed by atoms with Crippen molar-refractivity contribution in [2.45, 2.75) is 24.2 Å². The Balaban J connectivity index is 1.77. The summed E-state index contributed by atoms with van der Waals surface area (Å²) in [5, 5.41) is 9.83. The van der Waals surface area contributed by atoms with E-state index in [1.54, 1.807) is 6.07 Å². The number of nitrogens with zero attached hydrogens (tertiary/aromatic N) is 1. The number of nitrogen functional groups attached to an aromatic ring is 1.